The number of ketones is 1. The number of esters is 1. The van der Waals surface area contributed by atoms with Crippen LogP contribution in [0.5, 0.6) is 0 Å². The second-order valence-corrected chi connectivity index (χ2v) is 4.62. The molecule has 0 spiro atoms. The highest BCUT2D eigenvalue weighted by Crippen LogP contribution is 2.40. The van der Waals surface area contributed by atoms with Crippen molar-refractivity contribution in [2.75, 3.05) is 6.61 Å². The third-order valence-electron chi connectivity index (χ3n) is 2.99. The van der Waals surface area contributed by atoms with E-state index in [1.165, 1.54) is 0 Å². The predicted molar refractivity (Wildman–Crippen MR) is 48.5 cm³/mol. The molecule has 3 rings (SSSR count). The van der Waals surface area contributed by atoms with E-state index < -0.39 is 35.9 Å². The van der Waals surface area contributed by atoms with Gasteiger partial charge in [-0.1, -0.05) is 0 Å². The largest absolute Gasteiger partial charge is 0.457 e. The second-order valence-electron chi connectivity index (χ2n) is 4.62. The summed E-state index contributed by atoms with van der Waals surface area (Å²) in [6.45, 7) is 3.58. The summed E-state index contributed by atoms with van der Waals surface area (Å²) < 4.78 is 21.4. The van der Waals surface area contributed by atoms with E-state index >= 15 is 0 Å². The number of rotatable bonds is 0. The molecule has 0 aromatic heterocycles. The first-order valence-corrected chi connectivity index (χ1v) is 5.20. The van der Waals surface area contributed by atoms with Gasteiger partial charge >= 0.3 is 5.97 Å². The molecular formula is C10H12O6. The monoisotopic (exact) mass is 228 g/mol. The molecule has 0 aliphatic carbocycles. The first-order valence-electron chi connectivity index (χ1n) is 5.20. The minimum absolute atomic E-state index is 0.0433. The molecule has 3 aliphatic rings. The zero-order chi connectivity index (χ0) is 11.5. The van der Waals surface area contributed by atoms with Crippen LogP contribution >= 0.6 is 0 Å². The Balaban J connectivity index is 1.92. The minimum Gasteiger partial charge on any atom is -0.457 e. The smallest absolute Gasteiger partial charge is 0.377 e. The summed E-state index contributed by atoms with van der Waals surface area (Å²) in [4.78, 5) is 22.8. The van der Waals surface area contributed by atoms with E-state index in [0.717, 1.165) is 0 Å². The normalized spacial score (nSPS) is 45.1. The van der Waals surface area contributed by atoms with Crippen LogP contribution in [0, 0.1) is 0 Å². The van der Waals surface area contributed by atoms with E-state index in [0.29, 0.717) is 0 Å². The summed E-state index contributed by atoms with van der Waals surface area (Å²) in [5, 5.41) is 0. The van der Waals surface area contributed by atoms with Crippen molar-refractivity contribution in [2.24, 2.45) is 0 Å². The molecule has 0 amide bonds. The Hall–Kier alpha value is -0.980. The second kappa shape index (κ2) is 3.03. The molecule has 0 N–H and O–H groups in total. The van der Waals surface area contributed by atoms with Gasteiger partial charge in [0.25, 0.3) is 5.78 Å². The van der Waals surface area contributed by atoms with Crippen molar-refractivity contribution < 1.29 is 28.5 Å². The molecule has 3 aliphatic heterocycles. The van der Waals surface area contributed by atoms with Crippen LogP contribution < -0.4 is 0 Å². The highest BCUT2D eigenvalue weighted by molar-refractivity contribution is 6.35. The van der Waals surface area contributed by atoms with Crippen molar-refractivity contribution in [3.05, 3.63) is 0 Å². The van der Waals surface area contributed by atoms with Gasteiger partial charge < -0.3 is 18.9 Å². The van der Waals surface area contributed by atoms with Crippen LogP contribution in [-0.2, 0) is 28.5 Å². The lowest BCUT2D eigenvalue weighted by atomic mass is 10.0. The fourth-order valence-corrected chi connectivity index (χ4v) is 2.37. The Kier molecular flexibility index (Phi) is 1.93. The van der Waals surface area contributed by atoms with Crippen LogP contribution in [-0.4, -0.2) is 48.6 Å². The lowest BCUT2D eigenvalue weighted by molar-refractivity contribution is -0.186. The fraction of sp³-hybridized carbons (Fsp3) is 0.800. The molecule has 6 heteroatoms. The zero-order valence-corrected chi connectivity index (χ0v) is 8.97. The van der Waals surface area contributed by atoms with Crippen molar-refractivity contribution in [3.63, 3.8) is 0 Å². The summed E-state index contributed by atoms with van der Waals surface area (Å²) >= 11 is 0. The van der Waals surface area contributed by atoms with Crippen molar-refractivity contribution in [1.82, 2.24) is 0 Å². The van der Waals surface area contributed by atoms with Gasteiger partial charge in [-0.05, 0) is 13.8 Å². The van der Waals surface area contributed by atoms with E-state index in [4.69, 9.17) is 18.9 Å². The predicted octanol–water partition coefficient (Wildman–Crippen LogP) is -0.600. The molecule has 0 saturated carbocycles. The van der Waals surface area contributed by atoms with Crippen LogP contribution in [0.4, 0.5) is 0 Å². The number of carbonyl (C=O) groups is 2. The summed E-state index contributed by atoms with van der Waals surface area (Å²) in [6, 6.07) is 0. The van der Waals surface area contributed by atoms with Crippen LogP contribution in [0.25, 0.3) is 0 Å². The Morgan fingerprint density at radius 3 is 2.62 bits per heavy atom. The van der Waals surface area contributed by atoms with Gasteiger partial charge in [-0.2, -0.15) is 0 Å². The van der Waals surface area contributed by atoms with Gasteiger partial charge in [0.05, 0.1) is 0 Å². The minimum atomic E-state index is -0.883. The maximum Gasteiger partial charge on any atom is 0.377 e. The Labute approximate surface area is 91.8 Å². The lowest BCUT2D eigenvalue weighted by Gasteiger charge is -2.21. The first-order chi connectivity index (χ1) is 7.48. The van der Waals surface area contributed by atoms with Gasteiger partial charge in [0.15, 0.2) is 11.9 Å². The molecule has 6 nitrogen and oxygen atoms in total. The molecule has 16 heavy (non-hydrogen) atoms. The zero-order valence-electron chi connectivity index (χ0n) is 8.97. The van der Waals surface area contributed by atoms with Gasteiger partial charge in [-0.25, -0.2) is 4.79 Å². The SMILES string of the molecule is CC1(C)O[C@@H]2[C@H](O1)[C@H]1COC(=O)C(=O)[C@@H]2O1. The number of fused-ring (bicyclic) bond motifs is 5. The van der Waals surface area contributed by atoms with Gasteiger partial charge in [0.1, 0.15) is 24.9 Å². The first kappa shape index (κ1) is 10.2. The number of Topliss-reactive ketones (excluding diaryl/α,β-unsaturated/α-hetero) is 1. The van der Waals surface area contributed by atoms with Gasteiger partial charge in [0.2, 0.25) is 0 Å². The summed E-state index contributed by atoms with van der Waals surface area (Å²) in [5.41, 5.74) is 0. The maximum absolute atomic E-state index is 11.6. The summed E-state index contributed by atoms with van der Waals surface area (Å²) in [5.74, 6) is -2.28. The van der Waals surface area contributed by atoms with E-state index in [9.17, 15) is 9.59 Å². The molecule has 2 bridgehead atoms. The molecule has 3 fully saturated rings. The third-order valence-corrected chi connectivity index (χ3v) is 2.99. The molecule has 3 heterocycles. The highest BCUT2D eigenvalue weighted by Gasteiger charge is 2.60. The molecule has 4 atom stereocenters. The Morgan fingerprint density at radius 1 is 1.19 bits per heavy atom. The van der Waals surface area contributed by atoms with Gasteiger partial charge in [0, 0.05) is 0 Å². The number of ether oxygens (including phenoxy) is 4. The van der Waals surface area contributed by atoms with Crippen LogP contribution in [0.2, 0.25) is 0 Å². The third kappa shape index (κ3) is 1.30. The van der Waals surface area contributed by atoms with E-state index in [1.54, 1.807) is 13.8 Å². The van der Waals surface area contributed by atoms with Crippen molar-refractivity contribution in [3.8, 4) is 0 Å². The van der Waals surface area contributed by atoms with E-state index in [-0.39, 0.29) is 12.7 Å². The van der Waals surface area contributed by atoms with Crippen molar-refractivity contribution in [2.45, 2.75) is 44.1 Å². The van der Waals surface area contributed by atoms with Crippen molar-refractivity contribution in [1.29, 1.82) is 0 Å². The molecule has 0 radical (unpaired) electrons. The fourth-order valence-electron chi connectivity index (χ4n) is 2.37. The summed E-state index contributed by atoms with van der Waals surface area (Å²) in [6.07, 6.45) is -2.13. The Morgan fingerprint density at radius 2 is 1.88 bits per heavy atom. The molecule has 0 aromatic carbocycles. The molecule has 3 saturated heterocycles. The Bertz CT molecular complexity index is 362. The van der Waals surface area contributed by atoms with Gasteiger partial charge in [-0.3, -0.25) is 4.79 Å². The van der Waals surface area contributed by atoms with Crippen LogP contribution in [0.3, 0.4) is 0 Å². The van der Waals surface area contributed by atoms with Gasteiger partial charge in [-0.15, -0.1) is 0 Å². The van der Waals surface area contributed by atoms with Crippen LogP contribution in [0.1, 0.15) is 13.8 Å². The average Bonchev–Trinajstić information content (AvgIpc) is 2.62. The van der Waals surface area contributed by atoms with Crippen LogP contribution in [0.15, 0.2) is 0 Å². The molecule has 0 unspecified atom stereocenters. The number of hydrogen-bond donors (Lipinski definition) is 0. The quantitative estimate of drug-likeness (QED) is 0.407. The average molecular weight is 228 g/mol. The van der Waals surface area contributed by atoms with E-state index in [1.807, 2.05) is 0 Å². The maximum atomic E-state index is 11.6. The highest BCUT2D eigenvalue weighted by atomic mass is 16.8. The summed E-state index contributed by atoms with van der Waals surface area (Å²) in [7, 11) is 0. The topological polar surface area (TPSA) is 71.1 Å². The lowest BCUT2D eigenvalue weighted by Crippen LogP contribution is -2.41. The molecule has 0 aromatic rings. The standard InChI is InChI=1S/C10H12O6/c1-10(2)15-6-4-3-13-9(12)5(11)7(14-4)8(6)16-10/h4,6-8H,3H2,1-2H3/t4-,6-,7+,8-/m1/s1. The number of cyclic esters (lactones) is 1. The van der Waals surface area contributed by atoms with E-state index in [2.05, 4.69) is 0 Å². The molecular weight excluding hydrogens is 216 g/mol. The molecule has 88 valence electrons. The van der Waals surface area contributed by atoms with Crippen molar-refractivity contribution >= 4 is 11.8 Å². The number of hydrogen-bond acceptors (Lipinski definition) is 6. The number of carbonyl (C=O) groups excluding carboxylic acids is 2.